The second-order valence-electron chi connectivity index (χ2n) is 6.91. The van der Waals surface area contributed by atoms with Crippen LogP contribution >= 0.6 is 11.6 Å². The van der Waals surface area contributed by atoms with E-state index in [9.17, 15) is 23.1 Å². The van der Waals surface area contributed by atoms with Crippen molar-refractivity contribution >= 4 is 23.2 Å². The van der Waals surface area contributed by atoms with Crippen molar-refractivity contribution in [1.29, 1.82) is 5.26 Å². The van der Waals surface area contributed by atoms with E-state index < -0.39 is 23.4 Å². The highest BCUT2D eigenvalue weighted by Crippen LogP contribution is 2.39. The lowest BCUT2D eigenvalue weighted by Gasteiger charge is -2.25. The van der Waals surface area contributed by atoms with Gasteiger partial charge in [0.15, 0.2) is 5.75 Å². The average Bonchev–Trinajstić information content (AvgIpc) is 2.63. The number of hydrogen-bond acceptors (Lipinski definition) is 4. The Morgan fingerprint density at radius 3 is 2.48 bits per heavy atom. The van der Waals surface area contributed by atoms with Gasteiger partial charge < -0.3 is 15.2 Å². The molecule has 0 bridgehead atoms. The molecule has 0 saturated carbocycles. The molecule has 154 valence electrons. The van der Waals surface area contributed by atoms with Crippen molar-refractivity contribution in [1.82, 2.24) is 0 Å². The van der Waals surface area contributed by atoms with Crippen LogP contribution in [0.5, 0.6) is 11.5 Å². The molecule has 0 saturated heterocycles. The molecule has 29 heavy (non-hydrogen) atoms. The van der Waals surface area contributed by atoms with Gasteiger partial charge in [0, 0.05) is 16.7 Å². The highest BCUT2D eigenvalue weighted by atomic mass is 35.5. The van der Waals surface area contributed by atoms with Crippen LogP contribution in [0.15, 0.2) is 30.3 Å². The third kappa shape index (κ3) is 5.33. The van der Waals surface area contributed by atoms with Crippen LogP contribution in [0.2, 0.25) is 5.02 Å². The lowest BCUT2D eigenvalue weighted by molar-refractivity contribution is -0.274. The molecular weight excluding hydrogens is 409 g/mol. The van der Waals surface area contributed by atoms with E-state index in [1.807, 2.05) is 20.8 Å². The Morgan fingerprint density at radius 2 is 1.93 bits per heavy atom. The zero-order valence-electron chi connectivity index (χ0n) is 15.8. The first-order valence-electron chi connectivity index (χ1n) is 8.52. The summed E-state index contributed by atoms with van der Waals surface area (Å²) in [5.74, 6) is -1.94. The number of ether oxygens (including phenoxy) is 1. The Labute approximate surface area is 170 Å². The van der Waals surface area contributed by atoms with Crippen LogP contribution < -0.4 is 10.1 Å². The van der Waals surface area contributed by atoms with E-state index in [1.165, 1.54) is 18.2 Å². The SMILES string of the molecule is CCC(C)(C)c1cc(Cl)cc(C(=O)Nc2ccc(C#N)cc2OC(F)(F)F)c1O. The Balaban J connectivity index is 2.47. The number of benzene rings is 2. The predicted octanol–water partition coefficient (Wildman–Crippen LogP) is 5.76. The van der Waals surface area contributed by atoms with Gasteiger partial charge >= 0.3 is 6.36 Å². The summed E-state index contributed by atoms with van der Waals surface area (Å²) in [4.78, 5) is 12.7. The van der Waals surface area contributed by atoms with Gasteiger partial charge in [-0.1, -0.05) is 32.4 Å². The molecule has 2 rings (SSSR count). The van der Waals surface area contributed by atoms with Crippen LogP contribution in [0.25, 0.3) is 0 Å². The highest BCUT2D eigenvalue weighted by molar-refractivity contribution is 6.31. The van der Waals surface area contributed by atoms with Gasteiger partial charge in [0.1, 0.15) is 5.75 Å². The van der Waals surface area contributed by atoms with Crippen molar-refractivity contribution < 1.29 is 27.8 Å². The third-order valence-electron chi connectivity index (χ3n) is 4.52. The van der Waals surface area contributed by atoms with E-state index in [4.69, 9.17) is 16.9 Å². The summed E-state index contributed by atoms with van der Waals surface area (Å²) < 4.78 is 42.0. The number of anilines is 1. The number of halogens is 4. The number of alkyl halides is 3. The quantitative estimate of drug-likeness (QED) is 0.637. The molecule has 5 nitrogen and oxygen atoms in total. The fourth-order valence-corrected chi connectivity index (χ4v) is 2.79. The van der Waals surface area contributed by atoms with Gasteiger partial charge in [-0.3, -0.25) is 4.79 Å². The zero-order chi connectivity index (χ0) is 22.0. The van der Waals surface area contributed by atoms with Crippen LogP contribution in [-0.2, 0) is 5.41 Å². The molecule has 9 heteroatoms. The highest BCUT2D eigenvalue weighted by Gasteiger charge is 2.33. The Bertz CT molecular complexity index is 982. The van der Waals surface area contributed by atoms with E-state index in [0.717, 1.165) is 12.1 Å². The molecule has 0 radical (unpaired) electrons. The number of aromatic hydroxyl groups is 1. The molecule has 0 aromatic heterocycles. The van der Waals surface area contributed by atoms with Gasteiger partial charge in [-0.05, 0) is 36.1 Å². The van der Waals surface area contributed by atoms with Crippen LogP contribution in [-0.4, -0.2) is 17.4 Å². The first-order chi connectivity index (χ1) is 13.4. The number of nitriles is 1. The number of phenolic OH excluding ortho intramolecular Hbond substituents is 1. The van der Waals surface area contributed by atoms with Crippen molar-refractivity contribution in [3.05, 3.63) is 52.0 Å². The van der Waals surface area contributed by atoms with E-state index in [0.29, 0.717) is 12.0 Å². The minimum absolute atomic E-state index is 0.0835. The van der Waals surface area contributed by atoms with Crippen molar-refractivity contribution in [3.63, 3.8) is 0 Å². The van der Waals surface area contributed by atoms with Crippen LogP contribution in [0.4, 0.5) is 18.9 Å². The molecule has 0 unspecified atom stereocenters. The summed E-state index contributed by atoms with van der Waals surface area (Å²) in [5, 5.41) is 21.9. The fourth-order valence-electron chi connectivity index (χ4n) is 2.57. The van der Waals surface area contributed by atoms with Gasteiger partial charge in [-0.15, -0.1) is 13.2 Å². The lowest BCUT2D eigenvalue weighted by atomic mass is 9.81. The summed E-state index contributed by atoms with van der Waals surface area (Å²) in [5.41, 5.74) is -0.661. The van der Waals surface area contributed by atoms with Gasteiger partial charge in [-0.2, -0.15) is 5.26 Å². The van der Waals surface area contributed by atoms with Crippen molar-refractivity contribution in [2.45, 2.75) is 39.0 Å². The predicted molar refractivity (Wildman–Crippen MR) is 102 cm³/mol. The number of amides is 1. The minimum atomic E-state index is -5.02. The molecule has 2 aromatic carbocycles. The standard InChI is InChI=1S/C20H18ClF3N2O3/c1-4-19(2,3)14-9-12(21)8-13(17(14)27)18(28)26-15-6-5-11(10-25)7-16(15)29-20(22,23)24/h5-9,27H,4H2,1-3H3,(H,26,28). The molecule has 1 amide bonds. The first kappa shape index (κ1) is 22.4. The molecule has 2 N–H and O–H groups in total. The van der Waals surface area contributed by atoms with E-state index in [2.05, 4.69) is 10.1 Å². The second-order valence-corrected chi connectivity index (χ2v) is 7.35. The molecular formula is C20H18ClF3N2O3. The number of rotatable bonds is 5. The van der Waals surface area contributed by atoms with Crippen molar-refractivity contribution in [3.8, 4) is 17.6 Å². The van der Waals surface area contributed by atoms with Crippen molar-refractivity contribution in [2.75, 3.05) is 5.32 Å². The van der Waals surface area contributed by atoms with Gasteiger partial charge in [0.05, 0.1) is 22.9 Å². The number of carbonyl (C=O) groups is 1. The normalized spacial score (nSPS) is 11.7. The summed E-state index contributed by atoms with van der Waals surface area (Å²) in [7, 11) is 0. The van der Waals surface area contributed by atoms with Crippen LogP contribution in [0, 0.1) is 11.3 Å². The van der Waals surface area contributed by atoms with Gasteiger partial charge in [-0.25, -0.2) is 0 Å². The Morgan fingerprint density at radius 1 is 1.28 bits per heavy atom. The monoisotopic (exact) mass is 426 g/mol. The molecule has 0 atom stereocenters. The van der Waals surface area contributed by atoms with Gasteiger partial charge in [0.25, 0.3) is 5.91 Å². The molecule has 0 spiro atoms. The number of nitrogens with zero attached hydrogens (tertiary/aromatic N) is 1. The number of hydrogen-bond donors (Lipinski definition) is 2. The van der Waals surface area contributed by atoms with E-state index >= 15 is 0 Å². The fraction of sp³-hybridized carbons (Fsp3) is 0.300. The smallest absolute Gasteiger partial charge is 0.507 e. The maximum atomic E-state index is 12.7. The average molecular weight is 427 g/mol. The largest absolute Gasteiger partial charge is 0.573 e. The molecule has 2 aromatic rings. The van der Waals surface area contributed by atoms with E-state index in [1.54, 1.807) is 6.07 Å². The maximum absolute atomic E-state index is 12.7. The Kier molecular flexibility index (Phi) is 6.34. The maximum Gasteiger partial charge on any atom is 0.573 e. The molecule has 0 aliphatic carbocycles. The minimum Gasteiger partial charge on any atom is -0.507 e. The lowest BCUT2D eigenvalue weighted by Crippen LogP contribution is -2.21. The summed E-state index contributed by atoms with van der Waals surface area (Å²) in [6.07, 6.45) is -4.38. The molecule has 0 aliphatic rings. The topological polar surface area (TPSA) is 82.4 Å². The molecule has 0 fully saturated rings. The van der Waals surface area contributed by atoms with E-state index in [-0.39, 0.29) is 27.6 Å². The number of phenols is 1. The first-order valence-corrected chi connectivity index (χ1v) is 8.90. The number of nitrogens with one attached hydrogen (secondary N) is 1. The summed E-state index contributed by atoms with van der Waals surface area (Å²) in [6.45, 7) is 5.61. The van der Waals surface area contributed by atoms with Crippen LogP contribution in [0.3, 0.4) is 0 Å². The van der Waals surface area contributed by atoms with Crippen molar-refractivity contribution in [2.24, 2.45) is 0 Å². The van der Waals surface area contributed by atoms with Gasteiger partial charge in [0.2, 0.25) is 0 Å². The Hall–Kier alpha value is -2.92. The summed E-state index contributed by atoms with van der Waals surface area (Å²) in [6, 6.07) is 7.64. The summed E-state index contributed by atoms with van der Waals surface area (Å²) >= 11 is 6.09. The number of carbonyl (C=O) groups excluding carboxylic acids is 1. The zero-order valence-corrected chi connectivity index (χ0v) is 16.6. The molecule has 0 heterocycles. The molecule has 0 aliphatic heterocycles. The van der Waals surface area contributed by atoms with Crippen LogP contribution in [0.1, 0.15) is 48.7 Å². The third-order valence-corrected chi connectivity index (χ3v) is 4.74. The second kappa shape index (κ2) is 8.21.